The van der Waals surface area contributed by atoms with Gasteiger partial charge >= 0.3 is 0 Å². The summed E-state index contributed by atoms with van der Waals surface area (Å²) in [6.45, 7) is 0. The molecule has 2 heterocycles. The molecule has 1 atom stereocenters. The van der Waals surface area contributed by atoms with Gasteiger partial charge in [0.2, 0.25) is 5.69 Å². The highest BCUT2D eigenvalue weighted by atomic mass is 16.5. The summed E-state index contributed by atoms with van der Waals surface area (Å²) in [5.74, 6) is 0. The van der Waals surface area contributed by atoms with Gasteiger partial charge < -0.3 is 5.21 Å². The van der Waals surface area contributed by atoms with E-state index in [2.05, 4.69) is 15.1 Å². The Bertz CT molecular complexity index is 285. The summed E-state index contributed by atoms with van der Waals surface area (Å²) in [5, 5.41) is 14.1. The first-order valence-corrected chi connectivity index (χ1v) is 2.76. The Labute approximate surface area is 56.6 Å². The van der Waals surface area contributed by atoms with Gasteiger partial charge in [0.05, 0.1) is 6.20 Å². The van der Waals surface area contributed by atoms with Crippen molar-refractivity contribution in [3.63, 3.8) is 0 Å². The average molecular weight is 136 g/mol. The van der Waals surface area contributed by atoms with Crippen molar-refractivity contribution in [2.75, 3.05) is 0 Å². The fraction of sp³-hybridized carbons (Fsp3) is 0. The molecular weight excluding hydrogens is 132 g/mol. The van der Waals surface area contributed by atoms with E-state index in [9.17, 15) is 5.21 Å². The molecule has 5 nitrogen and oxygen atoms in total. The van der Waals surface area contributed by atoms with Gasteiger partial charge in [-0.1, -0.05) is 5.10 Å². The molecule has 1 aliphatic rings. The van der Waals surface area contributed by atoms with Gasteiger partial charge in [0.25, 0.3) is 0 Å². The zero-order chi connectivity index (χ0) is 6.97. The quantitative estimate of drug-likeness (QED) is 0.457. The maximum atomic E-state index is 10.8. The molecule has 0 amide bonds. The summed E-state index contributed by atoms with van der Waals surface area (Å²) in [5.41, 5.74) is 1.10. The molecule has 1 unspecified atom stereocenters. The molecule has 0 saturated heterocycles. The molecule has 0 radical (unpaired) electrons. The molecule has 50 valence electrons. The van der Waals surface area contributed by atoms with E-state index in [1.807, 2.05) is 0 Å². The van der Waals surface area contributed by atoms with Gasteiger partial charge in [0.1, 0.15) is 12.5 Å². The van der Waals surface area contributed by atoms with E-state index in [-0.39, 0.29) is 5.17 Å². The van der Waals surface area contributed by atoms with E-state index >= 15 is 0 Å². The van der Waals surface area contributed by atoms with Crippen LogP contribution in [0.3, 0.4) is 0 Å². The third kappa shape index (κ3) is 0.615. The molecule has 0 saturated carbocycles. The van der Waals surface area contributed by atoms with Crippen molar-refractivity contribution in [3.8, 4) is 0 Å². The van der Waals surface area contributed by atoms with Crippen LogP contribution in [-0.4, -0.2) is 16.2 Å². The minimum atomic E-state index is -0.254. The SMILES string of the molecule is [O-][NH+]1N=Cc2ncncc21. The van der Waals surface area contributed by atoms with Crippen molar-refractivity contribution in [2.24, 2.45) is 5.10 Å². The topological polar surface area (TPSA) is 65.6 Å². The van der Waals surface area contributed by atoms with E-state index in [0.717, 1.165) is 0 Å². The molecule has 0 bridgehead atoms. The largest absolute Gasteiger partial charge is 0.601 e. The number of quaternary nitrogens is 1. The number of nitrogens with one attached hydrogen (secondary N) is 1. The van der Waals surface area contributed by atoms with Crippen molar-refractivity contribution >= 4 is 11.9 Å². The normalized spacial score (nSPS) is 21.1. The molecule has 1 aromatic heterocycles. The lowest BCUT2D eigenvalue weighted by Gasteiger charge is -2.07. The Morgan fingerprint density at radius 2 is 2.40 bits per heavy atom. The lowest BCUT2D eigenvalue weighted by molar-refractivity contribution is -0.780. The Morgan fingerprint density at radius 1 is 1.50 bits per heavy atom. The number of rotatable bonds is 0. The van der Waals surface area contributed by atoms with E-state index < -0.39 is 0 Å². The molecule has 1 aliphatic heterocycles. The van der Waals surface area contributed by atoms with Crippen LogP contribution in [0.25, 0.3) is 0 Å². The predicted molar refractivity (Wildman–Crippen MR) is 33.6 cm³/mol. The number of aromatic nitrogens is 2. The maximum absolute atomic E-state index is 10.8. The second-order valence-electron chi connectivity index (χ2n) is 1.89. The highest BCUT2D eigenvalue weighted by molar-refractivity contribution is 5.83. The minimum absolute atomic E-state index is 0.254. The van der Waals surface area contributed by atoms with Crippen LogP contribution in [0.1, 0.15) is 5.69 Å². The second kappa shape index (κ2) is 1.83. The smallest absolute Gasteiger partial charge is 0.204 e. The monoisotopic (exact) mass is 136 g/mol. The minimum Gasteiger partial charge on any atom is -0.601 e. The maximum Gasteiger partial charge on any atom is 0.204 e. The van der Waals surface area contributed by atoms with Gasteiger partial charge in [-0.15, -0.1) is 0 Å². The fourth-order valence-electron chi connectivity index (χ4n) is 0.796. The summed E-state index contributed by atoms with van der Waals surface area (Å²) in [6, 6.07) is 0. The van der Waals surface area contributed by atoms with Crippen LogP contribution in [0.4, 0.5) is 5.69 Å². The van der Waals surface area contributed by atoms with Crippen molar-refractivity contribution in [1.29, 1.82) is 0 Å². The fourth-order valence-corrected chi connectivity index (χ4v) is 0.796. The van der Waals surface area contributed by atoms with Gasteiger partial charge in [0, 0.05) is 0 Å². The lowest BCUT2D eigenvalue weighted by Crippen LogP contribution is -2.95. The molecule has 5 heteroatoms. The van der Waals surface area contributed by atoms with E-state index in [1.54, 1.807) is 0 Å². The lowest BCUT2D eigenvalue weighted by atomic mass is 10.4. The number of nitrogens with zero attached hydrogens (tertiary/aromatic N) is 3. The summed E-state index contributed by atoms with van der Waals surface area (Å²) in [7, 11) is 0. The highest BCUT2D eigenvalue weighted by Gasteiger charge is 2.14. The molecule has 0 aromatic carbocycles. The van der Waals surface area contributed by atoms with E-state index in [4.69, 9.17) is 0 Å². The molecule has 1 N–H and O–H groups in total. The average Bonchev–Trinajstić information content (AvgIpc) is 2.34. The van der Waals surface area contributed by atoms with Crippen LogP contribution >= 0.6 is 0 Å². The van der Waals surface area contributed by atoms with Crippen LogP contribution < -0.4 is 5.17 Å². The number of fused-ring (bicyclic) bond motifs is 1. The first-order valence-electron chi connectivity index (χ1n) is 2.76. The first kappa shape index (κ1) is 5.45. The molecule has 2 rings (SSSR count). The van der Waals surface area contributed by atoms with Crippen LogP contribution in [0, 0.1) is 5.21 Å². The summed E-state index contributed by atoms with van der Waals surface area (Å²) in [4.78, 5) is 7.52. The molecular formula is C5H4N4O. The van der Waals surface area contributed by atoms with Crippen molar-refractivity contribution in [2.45, 2.75) is 0 Å². The number of hydrogen-bond donors (Lipinski definition) is 1. The molecule has 10 heavy (non-hydrogen) atoms. The number of hydrogen-bond acceptors (Lipinski definition) is 4. The molecule has 0 fully saturated rings. The standard InChI is InChI=1S/C5H4N4O/c10-9-5-2-6-3-7-4(5)1-8-9/h1-3,9H. The highest BCUT2D eigenvalue weighted by Crippen LogP contribution is 2.04. The van der Waals surface area contributed by atoms with Crippen molar-refractivity contribution < 1.29 is 5.17 Å². The Balaban J connectivity index is 2.59. The van der Waals surface area contributed by atoms with E-state index in [1.165, 1.54) is 18.7 Å². The third-order valence-electron chi connectivity index (χ3n) is 1.28. The zero-order valence-electron chi connectivity index (χ0n) is 4.98. The molecule has 0 aliphatic carbocycles. The second-order valence-corrected chi connectivity index (χ2v) is 1.89. The summed E-state index contributed by atoms with van der Waals surface area (Å²) in [6.07, 6.45) is 4.31. The van der Waals surface area contributed by atoms with Crippen LogP contribution in [-0.2, 0) is 0 Å². The van der Waals surface area contributed by atoms with Crippen LogP contribution in [0.15, 0.2) is 17.6 Å². The molecule has 1 aromatic rings. The van der Waals surface area contributed by atoms with Crippen molar-refractivity contribution in [3.05, 3.63) is 23.4 Å². The Hall–Kier alpha value is -1.33. The predicted octanol–water partition coefficient (Wildman–Crippen LogP) is -1.16. The van der Waals surface area contributed by atoms with Gasteiger partial charge in [-0.05, 0) is 0 Å². The Morgan fingerprint density at radius 3 is 3.20 bits per heavy atom. The van der Waals surface area contributed by atoms with Crippen LogP contribution in [0.5, 0.6) is 0 Å². The van der Waals surface area contributed by atoms with Gasteiger partial charge in [0.15, 0.2) is 5.69 Å². The van der Waals surface area contributed by atoms with E-state index in [0.29, 0.717) is 11.4 Å². The first-order chi connectivity index (χ1) is 4.88. The van der Waals surface area contributed by atoms with Crippen LogP contribution in [0.2, 0.25) is 0 Å². The zero-order valence-corrected chi connectivity index (χ0v) is 4.98. The summed E-state index contributed by atoms with van der Waals surface area (Å²) >= 11 is 0. The van der Waals surface area contributed by atoms with Crippen molar-refractivity contribution in [1.82, 2.24) is 9.97 Å². The van der Waals surface area contributed by atoms with Gasteiger partial charge in [-0.25, -0.2) is 15.1 Å². The van der Waals surface area contributed by atoms with Gasteiger partial charge in [-0.3, -0.25) is 0 Å². The molecule has 0 spiro atoms. The Kier molecular flexibility index (Phi) is 0.996. The third-order valence-corrected chi connectivity index (χ3v) is 1.28. The van der Waals surface area contributed by atoms with Gasteiger partial charge in [-0.2, -0.15) is 0 Å². The summed E-state index contributed by atoms with van der Waals surface area (Å²) < 4.78 is 0.